The van der Waals surface area contributed by atoms with Gasteiger partial charge in [-0.15, -0.1) is 11.3 Å². The predicted octanol–water partition coefficient (Wildman–Crippen LogP) is 3.81. The Morgan fingerprint density at radius 2 is 2.19 bits per heavy atom. The van der Waals surface area contributed by atoms with Crippen molar-refractivity contribution in [3.8, 4) is 0 Å². The fourth-order valence-corrected chi connectivity index (χ4v) is 2.83. The zero-order valence-corrected chi connectivity index (χ0v) is 12.1. The van der Waals surface area contributed by atoms with Crippen LogP contribution in [-0.4, -0.2) is 23.5 Å². The van der Waals surface area contributed by atoms with Gasteiger partial charge in [0.15, 0.2) is 0 Å². The monoisotopic (exact) mass is 278 g/mol. The van der Waals surface area contributed by atoms with Gasteiger partial charge in [-0.1, -0.05) is 24.4 Å². The lowest BCUT2D eigenvalue weighted by molar-refractivity contribution is 0.598. The molecule has 0 aliphatic carbocycles. The van der Waals surface area contributed by atoms with Crippen molar-refractivity contribution in [3.63, 3.8) is 0 Å². The van der Waals surface area contributed by atoms with Gasteiger partial charge in [-0.3, -0.25) is 0 Å². The number of unbranched alkanes of at least 4 members (excludes halogenated alkanes) is 3. The molecule has 0 radical (unpaired) electrons. The van der Waals surface area contributed by atoms with Crippen molar-refractivity contribution in [1.29, 1.82) is 0 Å². The molecule has 0 bridgehead atoms. The van der Waals surface area contributed by atoms with Crippen LogP contribution in [0.3, 0.4) is 0 Å². The normalized spacial score (nSPS) is 10.9. The van der Waals surface area contributed by atoms with E-state index in [2.05, 4.69) is 16.6 Å². The van der Waals surface area contributed by atoms with Crippen LogP contribution < -0.4 is 5.32 Å². The molecule has 1 aromatic rings. The molecule has 0 fully saturated rings. The third kappa shape index (κ3) is 6.74. The molecule has 16 heavy (non-hydrogen) atoms. The van der Waals surface area contributed by atoms with Crippen LogP contribution in [-0.2, 0) is 6.54 Å². The first-order valence-electron chi connectivity index (χ1n) is 5.63. The summed E-state index contributed by atoms with van der Waals surface area (Å²) < 4.78 is 0.772. The first kappa shape index (κ1) is 14.3. The van der Waals surface area contributed by atoms with E-state index < -0.39 is 0 Å². The molecule has 0 aliphatic rings. The van der Waals surface area contributed by atoms with E-state index in [0.29, 0.717) is 0 Å². The maximum absolute atomic E-state index is 5.80. The summed E-state index contributed by atoms with van der Waals surface area (Å²) in [6.45, 7) is 1.93. The Bertz CT molecular complexity index is 279. The van der Waals surface area contributed by atoms with Gasteiger partial charge in [0.1, 0.15) is 9.34 Å². The van der Waals surface area contributed by atoms with Gasteiger partial charge in [0.05, 0.1) is 6.20 Å². The van der Waals surface area contributed by atoms with Crippen molar-refractivity contribution in [3.05, 3.63) is 15.5 Å². The van der Waals surface area contributed by atoms with Gasteiger partial charge >= 0.3 is 0 Å². The molecule has 2 nitrogen and oxygen atoms in total. The van der Waals surface area contributed by atoms with Gasteiger partial charge in [0, 0.05) is 6.54 Å². The Kier molecular flexibility index (Phi) is 8.29. The van der Waals surface area contributed by atoms with E-state index >= 15 is 0 Å². The highest BCUT2D eigenvalue weighted by molar-refractivity contribution is 7.98. The number of hydrogen-bond acceptors (Lipinski definition) is 4. The Hall–Kier alpha value is 0.230. The molecule has 0 spiro atoms. The van der Waals surface area contributed by atoms with E-state index in [4.69, 9.17) is 11.6 Å². The average Bonchev–Trinajstić information content (AvgIpc) is 2.68. The summed E-state index contributed by atoms with van der Waals surface area (Å²) in [5.74, 6) is 1.30. The quantitative estimate of drug-likeness (QED) is 0.696. The van der Waals surface area contributed by atoms with Crippen molar-refractivity contribution < 1.29 is 0 Å². The number of halogens is 1. The smallest absolute Gasteiger partial charge is 0.113 e. The van der Waals surface area contributed by atoms with Crippen molar-refractivity contribution in [2.45, 2.75) is 32.2 Å². The minimum Gasteiger partial charge on any atom is -0.310 e. The molecule has 1 aromatic heterocycles. The standard InChI is InChI=1S/C11H19ClN2S2/c1-15-7-5-3-2-4-6-13-9-11-14-8-10(12)16-11/h8,13H,2-7,9H2,1H3. The number of hydrogen-bond donors (Lipinski definition) is 1. The SMILES string of the molecule is CSCCCCCCNCc1ncc(Cl)s1. The molecule has 0 aromatic carbocycles. The molecule has 0 aliphatic heterocycles. The molecule has 0 saturated carbocycles. The first-order chi connectivity index (χ1) is 7.83. The summed E-state index contributed by atoms with van der Waals surface area (Å²) in [5.41, 5.74) is 0. The number of aromatic nitrogens is 1. The van der Waals surface area contributed by atoms with Crippen LogP contribution in [0, 0.1) is 0 Å². The molecule has 5 heteroatoms. The molecule has 1 N–H and O–H groups in total. The topological polar surface area (TPSA) is 24.9 Å². The second-order valence-corrected chi connectivity index (χ2v) is 6.37. The second kappa shape index (κ2) is 9.28. The highest BCUT2D eigenvalue weighted by Gasteiger charge is 1.98. The van der Waals surface area contributed by atoms with Crippen LogP contribution in [0.25, 0.3) is 0 Å². The molecular weight excluding hydrogens is 260 g/mol. The van der Waals surface area contributed by atoms with Crippen LogP contribution in [0.4, 0.5) is 0 Å². The Labute approximate surface area is 111 Å². The van der Waals surface area contributed by atoms with E-state index in [-0.39, 0.29) is 0 Å². The van der Waals surface area contributed by atoms with Gasteiger partial charge in [0.25, 0.3) is 0 Å². The molecule has 0 unspecified atom stereocenters. The lowest BCUT2D eigenvalue weighted by Crippen LogP contribution is -2.14. The fourth-order valence-electron chi connectivity index (χ4n) is 1.42. The third-order valence-corrected chi connectivity index (χ3v) is 4.07. The van der Waals surface area contributed by atoms with E-state index in [1.54, 1.807) is 17.5 Å². The lowest BCUT2D eigenvalue weighted by atomic mass is 10.2. The summed E-state index contributed by atoms with van der Waals surface area (Å²) in [4.78, 5) is 4.20. The summed E-state index contributed by atoms with van der Waals surface area (Å²) in [6, 6.07) is 0. The van der Waals surface area contributed by atoms with E-state index in [1.807, 2.05) is 11.8 Å². The van der Waals surface area contributed by atoms with Crippen LogP contribution in [0.1, 0.15) is 30.7 Å². The third-order valence-electron chi connectivity index (χ3n) is 2.25. The maximum atomic E-state index is 5.80. The van der Waals surface area contributed by atoms with Gasteiger partial charge in [-0.2, -0.15) is 11.8 Å². The second-order valence-electron chi connectivity index (χ2n) is 3.64. The van der Waals surface area contributed by atoms with Crippen LogP contribution in [0.15, 0.2) is 6.20 Å². The molecule has 0 saturated heterocycles. The summed E-state index contributed by atoms with van der Waals surface area (Å²) in [6.07, 6.45) is 9.17. The minimum atomic E-state index is 0.772. The molecule has 0 atom stereocenters. The minimum absolute atomic E-state index is 0.772. The van der Waals surface area contributed by atoms with E-state index in [9.17, 15) is 0 Å². The Balaban J connectivity index is 1.88. The van der Waals surface area contributed by atoms with E-state index in [0.717, 1.165) is 22.4 Å². The van der Waals surface area contributed by atoms with Crippen molar-refractivity contribution in [2.24, 2.45) is 0 Å². The number of thioether (sulfide) groups is 1. The molecule has 1 heterocycles. The number of nitrogens with one attached hydrogen (secondary N) is 1. The molecule has 1 rings (SSSR count). The van der Waals surface area contributed by atoms with Crippen molar-refractivity contribution >= 4 is 34.7 Å². The Morgan fingerprint density at radius 3 is 2.88 bits per heavy atom. The molecule has 92 valence electrons. The van der Waals surface area contributed by atoms with Gasteiger partial charge < -0.3 is 5.32 Å². The van der Waals surface area contributed by atoms with Gasteiger partial charge in [0.2, 0.25) is 0 Å². The Morgan fingerprint density at radius 1 is 1.38 bits per heavy atom. The van der Waals surface area contributed by atoms with Crippen molar-refractivity contribution in [1.82, 2.24) is 10.3 Å². The zero-order valence-electron chi connectivity index (χ0n) is 9.67. The zero-order chi connectivity index (χ0) is 11.6. The molecular formula is C11H19ClN2S2. The van der Waals surface area contributed by atoms with E-state index in [1.165, 1.54) is 31.4 Å². The van der Waals surface area contributed by atoms with Gasteiger partial charge in [-0.25, -0.2) is 4.98 Å². The largest absolute Gasteiger partial charge is 0.310 e. The molecule has 0 amide bonds. The highest BCUT2D eigenvalue weighted by Crippen LogP contribution is 2.17. The fraction of sp³-hybridized carbons (Fsp3) is 0.727. The highest BCUT2D eigenvalue weighted by atomic mass is 35.5. The average molecular weight is 279 g/mol. The summed E-state index contributed by atoms with van der Waals surface area (Å²) in [7, 11) is 0. The number of rotatable bonds is 9. The number of nitrogens with zero attached hydrogens (tertiary/aromatic N) is 1. The van der Waals surface area contributed by atoms with Gasteiger partial charge in [-0.05, 0) is 31.4 Å². The summed E-state index contributed by atoms with van der Waals surface area (Å²) >= 11 is 9.28. The van der Waals surface area contributed by atoms with Crippen LogP contribution in [0.2, 0.25) is 4.34 Å². The first-order valence-corrected chi connectivity index (χ1v) is 8.21. The predicted molar refractivity (Wildman–Crippen MR) is 75.7 cm³/mol. The van der Waals surface area contributed by atoms with Crippen LogP contribution >= 0.6 is 34.7 Å². The lowest BCUT2D eigenvalue weighted by Gasteiger charge is -2.02. The maximum Gasteiger partial charge on any atom is 0.113 e. The van der Waals surface area contributed by atoms with Crippen LogP contribution in [0.5, 0.6) is 0 Å². The number of thiazole rings is 1. The summed E-state index contributed by atoms with van der Waals surface area (Å²) in [5, 5.41) is 4.47. The van der Waals surface area contributed by atoms with Crippen molar-refractivity contribution in [2.75, 3.05) is 18.6 Å².